The van der Waals surface area contributed by atoms with Crippen LogP contribution >= 0.6 is 15.9 Å². The van der Waals surface area contributed by atoms with Crippen molar-refractivity contribution in [2.45, 2.75) is 11.4 Å². The quantitative estimate of drug-likeness (QED) is 0.476. The van der Waals surface area contributed by atoms with Gasteiger partial charge in [-0.2, -0.15) is 4.31 Å². The summed E-state index contributed by atoms with van der Waals surface area (Å²) in [6, 6.07) is 11.6. The predicted octanol–water partition coefficient (Wildman–Crippen LogP) is 3.01. The van der Waals surface area contributed by atoms with Crippen LogP contribution < -0.4 is 4.90 Å². The van der Waals surface area contributed by atoms with E-state index in [0.29, 0.717) is 25.4 Å². The van der Waals surface area contributed by atoms with Crippen LogP contribution in [-0.4, -0.2) is 51.0 Å². The summed E-state index contributed by atoms with van der Waals surface area (Å²) in [4.78, 5) is 12.7. The zero-order chi connectivity index (χ0) is 20.3. The fraction of sp³-hybridized carbons (Fsp3) is 0.333. The van der Waals surface area contributed by atoms with Gasteiger partial charge in [-0.05, 0) is 23.8 Å². The highest BCUT2D eigenvalue weighted by atomic mass is 79.9. The largest absolute Gasteiger partial charge is 0.379 e. The minimum Gasteiger partial charge on any atom is -0.379 e. The van der Waals surface area contributed by atoms with Crippen LogP contribution in [0.4, 0.5) is 11.4 Å². The van der Waals surface area contributed by atoms with Gasteiger partial charge in [-0.3, -0.25) is 10.1 Å². The molecule has 0 N–H and O–H groups in total. The van der Waals surface area contributed by atoms with E-state index in [-0.39, 0.29) is 23.7 Å². The molecule has 0 bridgehead atoms. The molecule has 8 nitrogen and oxygen atoms in total. The Hall–Kier alpha value is -2.01. The zero-order valence-electron chi connectivity index (χ0n) is 15.2. The maximum Gasteiger partial charge on any atom is 0.293 e. The smallest absolute Gasteiger partial charge is 0.293 e. The van der Waals surface area contributed by atoms with Crippen molar-refractivity contribution in [3.8, 4) is 0 Å². The van der Waals surface area contributed by atoms with E-state index in [1.807, 2.05) is 24.3 Å². The van der Waals surface area contributed by atoms with Gasteiger partial charge in [0, 0.05) is 37.2 Å². The molecule has 0 atom stereocenters. The number of rotatable bonds is 6. The molecule has 1 aliphatic rings. The van der Waals surface area contributed by atoms with Gasteiger partial charge in [0.25, 0.3) is 5.69 Å². The molecule has 3 rings (SSSR count). The predicted molar refractivity (Wildman–Crippen MR) is 109 cm³/mol. The second kappa shape index (κ2) is 8.56. The van der Waals surface area contributed by atoms with Gasteiger partial charge >= 0.3 is 0 Å². The first-order valence-corrected chi connectivity index (χ1v) is 10.8. The number of nitro benzene ring substituents is 1. The maximum absolute atomic E-state index is 12.8. The average Bonchev–Trinajstić information content (AvgIpc) is 2.69. The van der Waals surface area contributed by atoms with Gasteiger partial charge in [-0.25, -0.2) is 8.42 Å². The van der Waals surface area contributed by atoms with E-state index in [1.54, 1.807) is 11.9 Å². The number of morpholine rings is 1. The first-order chi connectivity index (χ1) is 13.3. The number of sulfonamides is 1. The van der Waals surface area contributed by atoms with Gasteiger partial charge in [0.15, 0.2) is 0 Å². The number of anilines is 1. The summed E-state index contributed by atoms with van der Waals surface area (Å²) in [5.41, 5.74) is 1.06. The fourth-order valence-electron chi connectivity index (χ4n) is 3.04. The Morgan fingerprint density at radius 2 is 1.89 bits per heavy atom. The van der Waals surface area contributed by atoms with E-state index in [1.165, 1.54) is 16.4 Å². The third kappa shape index (κ3) is 4.35. The second-order valence-electron chi connectivity index (χ2n) is 6.37. The monoisotopic (exact) mass is 469 g/mol. The summed E-state index contributed by atoms with van der Waals surface area (Å²) in [5.74, 6) is 0. The van der Waals surface area contributed by atoms with Crippen LogP contribution in [0.5, 0.6) is 0 Å². The Morgan fingerprint density at radius 3 is 2.54 bits per heavy atom. The van der Waals surface area contributed by atoms with E-state index >= 15 is 0 Å². The summed E-state index contributed by atoms with van der Waals surface area (Å²) < 4.78 is 33.0. The minimum absolute atomic E-state index is 0.0841. The Balaban J connectivity index is 1.93. The van der Waals surface area contributed by atoms with Gasteiger partial charge < -0.3 is 9.64 Å². The summed E-state index contributed by atoms with van der Waals surface area (Å²) in [6.45, 7) is 1.53. The standard InChI is InChI=1S/C18H20BrN3O5S/c1-20(13-14-4-2-3-5-16(14)19)17-7-6-15(12-18(17)22(23)24)28(25,26)21-8-10-27-11-9-21/h2-7,12H,8-11,13H2,1H3. The van der Waals surface area contributed by atoms with Gasteiger partial charge in [-0.1, -0.05) is 34.1 Å². The third-order valence-corrected chi connectivity index (χ3v) is 7.20. The summed E-state index contributed by atoms with van der Waals surface area (Å²) in [5, 5.41) is 11.6. The van der Waals surface area contributed by atoms with Crippen molar-refractivity contribution in [2.75, 3.05) is 38.3 Å². The lowest BCUT2D eigenvalue weighted by atomic mass is 10.2. The summed E-state index contributed by atoms with van der Waals surface area (Å²) in [7, 11) is -2.07. The van der Waals surface area contributed by atoms with E-state index in [2.05, 4.69) is 15.9 Å². The van der Waals surface area contributed by atoms with Gasteiger partial charge in [0.1, 0.15) is 5.69 Å². The first kappa shape index (κ1) is 20.7. The first-order valence-electron chi connectivity index (χ1n) is 8.61. The zero-order valence-corrected chi connectivity index (χ0v) is 17.6. The van der Waals surface area contributed by atoms with Gasteiger partial charge in [0.05, 0.1) is 23.0 Å². The summed E-state index contributed by atoms with van der Waals surface area (Å²) in [6.07, 6.45) is 0. The lowest BCUT2D eigenvalue weighted by Gasteiger charge is -2.26. The highest BCUT2D eigenvalue weighted by Crippen LogP contribution is 2.32. The van der Waals surface area contributed by atoms with Gasteiger partial charge in [0.2, 0.25) is 10.0 Å². The number of nitrogens with zero attached hydrogens (tertiary/aromatic N) is 3. The van der Waals surface area contributed by atoms with Gasteiger partial charge in [-0.15, -0.1) is 0 Å². The number of benzene rings is 2. The van der Waals surface area contributed by atoms with Crippen molar-refractivity contribution in [2.24, 2.45) is 0 Å². The van der Waals surface area contributed by atoms with E-state index in [4.69, 9.17) is 4.74 Å². The normalized spacial score (nSPS) is 15.4. The minimum atomic E-state index is -3.80. The molecule has 0 amide bonds. The Bertz CT molecular complexity index is 977. The van der Waals surface area contributed by atoms with Crippen LogP contribution in [-0.2, 0) is 21.3 Å². The van der Waals surface area contributed by atoms with Crippen LogP contribution in [0.15, 0.2) is 51.8 Å². The molecule has 10 heteroatoms. The molecule has 0 saturated carbocycles. The highest BCUT2D eigenvalue weighted by molar-refractivity contribution is 9.10. The van der Waals surface area contributed by atoms with E-state index < -0.39 is 14.9 Å². The van der Waals surface area contributed by atoms with Crippen LogP contribution in [0.1, 0.15) is 5.56 Å². The van der Waals surface area contributed by atoms with Crippen molar-refractivity contribution in [3.05, 3.63) is 62.6 Å². The number of ether oxygens (including phenoxy) is 1. The van der Waals surface area contributed by atoms with Crippen LogP contribution in [0.25, 0.3) is 0 Å². The molecular weight excluding hydrogens is 450 g/mol. The molecule has 1 fully saturated rings. The molecule has 0 aromatic heterocycles. The number of hydrogen-bond donors (Lipinski definition) is 0. The SMILES string of the molecule is CN(Cc1ccccc1Br)c1ccc(S(=O)(=O)N2CCOCC2)cc1[N+](=O)[O-]. The van der Waals surface area contributed by atoms with E-state index in [0.717, 1.165) is 16.1 Å². The maximum atomic E-state index is 12.8. The van der Waals surface area contributed by atoms with E-state index in [9.17, 15) is 18.5 Å². The van der Waals surface area contributed by atoms with Crippen molar-refractivity contribution in [1.82, 2.24) is 4.31 Å². The number of halogens is 1. The Kier molecular flexibility index (Phi) is 6.33. The molecule has 0 aliphatic carbocycles. The lowest BCUT2D eigenvalue weighted by molar-refractivity contribution is -0.384. The number of hydrogen-bond acceptors (Lipinski definition) is 6. The molecular formula is C18H20BrN3O5S. The molecule has 0 spiro atoms. The number of nitro groups is 1. The topological polar surface area (TPSA) is 93.0 Å². The fourth-order valence-corrected chi connectivity index (χ4v) is 4.87. The molecule has 1 heterocycles. The molecule has 1 aliphatic heterocycles. The van der Waals surface area contributed by atoms with Crippen molar-refractivity contribution < 1.29 is 18.1 Å². The molecule has 2 aromatic carbocycles. The summed E-state index contributed by atoms with van der Waals surface area (Å²) >= 11 is 3.47. The van der Waals surface area contributed by atoms with Crippen molar-refractivity contribution in [3.63, 3.8) is 0 Å². The lowest BCUT2D eigenvalue weighted by Crippen LogP contribution is -2.40. The third-order valence-electron chi connectivity index (χ3n) is 4.53. The average molecular weight is 470 g/mol. The van der Waals surface area contributed by atoms with Crippen LogP contribution in [0.3, 0.4) is 0 Å². The highest BCUT2D eigenvalue weighted by Gasteiger charge is 2.29. The molecule has 0 unspecified atom stereocenters. The Labute approximate surface area is 172 Å². The molecule has 28 heavy (non-hydrogen) atoms. The Morgan fingerprint density at radius 1 is 1.21 bits per heavy atom. The van der Waals surface area contributed by atoms with Crippen molar-refractivity contribution >= 4 is 37.3 Å². The van der Waals surface area contributed by atoms with Crippen LogP contribution in [0, 0.1) is 10.1 Å². The molecule has 2 aromatic rings. The molecule has 0 radical (unpaired) electrons. The van der Waals surface area contributed by atoms with Crippen molar-refractivity contribution in [1.29, 1.82) is 0 Å². The van der Waals surface area contributed by atoms with Crippen LogP contribution in [0.2, 0.25) is 0 Å². The molecule has 150 valence electrons. The molecule has 1 saturated heterocycles. The second-order valence-corrected chi connectivity index (χ2v) is 9.16.